The van der Waals surface area contributed by atoms with Crippen molar-refractivity contribution >= 4 is 10.8 Å². The van der Waals surface area contributed by atoms with Gasteiger partial charge in [0.15, 0.2) is 0 Å². The molecule has 1 saturated heterocycles. The molecular formula is C19H23N5. The summed E-state index contributed by atoms with van der Waals surface area (Å²) in [5.41, 5.74) is 8.08. The van der Waals surface area contributed by atoms with E-state index in [1.54, 1.807) is 0 Å². The quantitative estimate of drug-likeness (QED) is 0.801. The van der Waals surface area contributed by atoms with Crippen LogP contribution in [0.5, 0.6) is 0 Å². The van der Waals surface area contributed by atoms with E-state index in [-0.39, 0.29) is 0 Å². The Balaban J connectivity index is 1.48. The van der Waals surface area contributed by atoms with E-state index in [1.165, 1.54) is 10.8 Å². The Morgan fingerprint density at radius 1 is 1.04 bits per heavy atom. The van der Waals surface area contributed by atoms with Crippen molar-refractivity contribution in [1.82, 2.24) is 19.9 Å². The van der Waals surface area contributed by atoms with Crippen LogP contribution in [0.3, 0.4) is 0 Å². The molecule has 0 aliphatic carbocycles. The van der Waals surface area contributed by atoms with Crippen molar-refractivity contribution in [1.29, 1.82) is 0 Å². The van der Waals surface area contributed by atoms with Crippen LogP contribution in [-0.2, 0) is 6.42 Å². The number of aromatic nitrogens is 3. The second-order valence-corrected chi connectivity index (χ2v) is 6.58. The van der Waals surface area contributed by atoms with E-state index in [2.05, 4.69) is 63.9 Å². The van der Waals surface area contributed by atoms with Crippen LogP contribution < -0.4 is 5.73 Å². The molecule has 0 bridgehead atoms. The fourth-order valence-corrected chi connectivity index (χ4v) is 3.39. The maximum absolute atomic E-state index is 5.97. The Morgan fingerprint density at radius 2 is 1.83 bits per heavy atom. The lowest BCUT2D eigenvalue weighted by atomic mass is 10.1. The molecule has 2 heterocycles. The minimum atomic E-state index is 0.383. The van der Waals surface area contributed by atoms with Gasteiger partial charge in [-0.3, -0.25) is 0 Å². The molecule has 24 heavy (non-hydrogen) atoms. The standard InChI is InChI=1S/C19H23N5/c20-16-8-11-23(12-9-16)13-10-17-14-24(22-21-17)19-7-3-5-15-4-1-2-6-18(15)19/h1-7,14,16H,8-13,20H2. The molecule has 0 spiro atoms. The molecule has 0 unspecified atom stereocenters. The van der Waals surface area contributed by atoms with Crippen molar-refractivity contribution in [3.05, 3.63) is 54.4 Å². The third-order valence-corrected chi connectivity index (χ3v) is 4.87. The van der Waals surface area contributed by atoms with Gasteiger partial charge in [-0.1, -0.05) is 41.6 Å². The molecule has 0 atom stereocenters. The number of nitrogens with two attached hydrogens (primary N) is 1. The monoisotopic (exact) mass is 321 g/mol. The highest BCUT2D eigenvalue weighted by molar-refractivity contribution is 5.89. The van der Waals surface area contributed by atoms with Gasteiger partial charge in [0.1, 0.15) is 0 Å². The highest BCUT2D eigenvalue weighted by atomic mass is 15.4. The summed E-state index contributed by atoms with van der Waals surface area (Å²) in [6, 6.07) is 15.0. The molecule has 0 saturated carbocycles. The van der Waals surface area contributed by atoms with Crippen molar-refractivity contribution in [2.75, 3.05) is 19.6 Å². The zero-order valence-electron chi connectivity index (χ0n) is 13.8. The van der Waals surface area contributed by atoms with Crippen molar-refractivity contribution < 1.29 is 0 Å². The van der Waals surface area contributed by atoms with E-state index < -0.39 is 0 Å². The first-order valence-electron chi connectivity index (χ1n) is 8.67. The Labute approximate surface area is 142 Å². The molecule has 2 aromatic carbocycles. The molecule has 3 aromatic rings. The maximum atomic E-state index is 5.97. The van der Waals surface area contributed by atoms with Gasteiger partial charge in [0, 0.05) is 24.4 Å². The molecule has 1 aromatic heterocycles. The van der Waals surface area contributed by atoms with Crippen LogP contribution in [0.2, 0.25) is 0 Å². The summed E-state index contributed by atoms with van der Waals surface area (Å²) >= 11 is 0. The van der Waals surface area contributed by atoms with Crippen molar-refractivity contribution in [2.45, 2.75) is 25.3 Å². The minimum absolute atomic E-state index is 0.383. The zero-order valence-corrected chi connectivity index (χ0v) is 13.8. The van der Waals surface area contributed by atoms with Crippen LogP contribution in [0.25, 0.3) is 16.5 Å². The largest absolute Gasteiger partial charge is 0.328 e. The summed E-state index contributed by atoms with van der Waals surface area (Å²) in [5, 5.41) is 11.1. The van der Waals surface area contributed by atoms with E-state index >= 15 is 0 Å². The molecule has 0 radical (unpaired) electrons. The number of nitrogens with zero attached hydrogens (tertiary/aromatic N) is 4. The summed E-state index contributed by atoms with van der Waals surface area (Å²) in [7, 11) is 0. The first-order chi connectivity index (χ1) is 11.8. The summed E-state index contributed by atoms with van der Waals surface area (Å²) in [6.07, 6.45) is 5.18. The number of piperidine rings is 1. The molecule has 1 fully saturated rings. The fraction of sp³-hybridized carbons (Fsp3) is 0.368. The van der Waals surface area contributed by atoms with Crippen molar-refractivity contribution in [3.8, 4) is 5.69 Å². The van der Waals surface area contributed by atoms with Crippen molar-refractivity contribution in [2.24, 2.45) is 5.73 Å². The second-order valence-electron chi connectivity index (χ2n) is 6.58. The van der Waals surface area contributed by atoms with Gasteiger partial charge < -0.3 is 10.6 Å². The molecule has 1 aliphatic heterocycles. The van der Waals surface area contributed by atoms with Gasteiger partial charge in [-0.25, -0.2) is 4.68 Å². The third kappa shape index (κ3) is 3.18. The molecule has 4 rings (SSSR count). The predicted octanol–water partition coefficient (Wildman–Crippen LogP) is 2.39. The topological polar surface area (TPSA) is 60.0 Å². The Bertz CT molecular complexity index is 812. The van der Waals surface area contributed by atoms with Gasteiger partial charge in [-0.2, -0.15) is 0 Å². The van der Waals surface area contributed by atoms with Crippen LogP contribution in [0.1, 0.15) is 18.5 Å². The van der Waals surface area contributed by atoms with E-state index in [1.807, 2.05) is 4.68 Å². The normalized spacial score (nSPS) is 16.7. The average molecular weight is 321 g/mol. The number of hydrogen-bond donors (Lipinski definition) is 1. The van der Waals surface area contributed by atoms with E-state index in [9.17, 15) is 0 Å². The Morgan fingerprint density at radius 3 is 2.71 bits per heavy atom. The molecule has 124 valence electrons. The van der Waals surface area contributed by atoms with Crippen molar-refractivity contribution in [3.63, 3.8) is 0 Å². The number of fused-ring (bicyclic) bond motifs is 1. The van der Waals surface area contributed by atoms with Gasteiger partial charge in [0.2, 0.25) is 0 Å². The van der Waals surface area contributed by atoms with Crippen LogP contribution >= 0.6 is 0 Å². The van der Waals surface area contributed by atoms with Gasteiger partial charge >= 0.3 is 0 Å². The van der Waals surface area contributed by atoms with Gasteiger partial charge in [-0.05, 0) is 37.4 Å². The smallest absolute Gasteiger partial charge is 0.0844 e. The first kappa shape index (κ1) is 15.3. The maximum Gasteiger partial charge on any atom is 0.0844 e. The van der Waals surface area contributed by atoms with E-state index in [4.69, 9.17) is 5.73 Å². The Hall–Kier alpha value is -2.24. The highest BCUT2D eigenvalue weighted by Gasteiger charge is 2.16. The SMILES string of the molecule is NC1CCN(CCc2cn(-c3cccc4ccccc34)nn2)CC1. The van der Waals surface area contributed by atoms with E-state index in [0.29, 0.717) is 6.04 Å². The minimum Gasteiger partial charge on any atom is -0.328 e. The second kappa shape index (κ2) is 6.71. The van der Waals surface area contributed by atoms with Crippen LogP contribution in [-0.4, -0.2) is 45.6 Å². The van der Waals surface area contributed by atoms with E-state index in [0.717, 1.165) is 50.3 Å². The molecule has 0 amide bonds. The summed E-state index contributed by atoms with van der Waals surface area (Å²) in [5.74, 6) is 0. The number of rotatable bonds is 4. The van der Waals surface area contributed by atoms with Crippen LogP contribution in [0, 0.1) is 0 Å². The fourth-order valence-electron chi connectivity index (χ4n) is 3.39. The predicted molar refractivity (Wildman–Crippen MR) is 96.2 cm³/mol. The summed E-state index contributed by atoms with van der Waals surface area (Å²) < 4.78 is 1.89. The average Bonchev–Trinajstić information content (AvgIpc) is 3.09. The van der Waals surface area contributed by atoms with Crippen LogP contribution in [0.4, 0.5) is 0 Å². The lowest BCUT2D eigenvalue weighted by Gasteiger charge is -2.29. The number of benzene rings is 2. The number of hydrogen-bond acceptors (Lipinski definition) is 4. The molecule has 1 aliphatic rings. The highest BCUT2D eigenvalue weighted by Crippen LogP contribution is 2.21. The Kier molecular flexibility index (Phi) is 4.28. The zero-order chi connectivity index (χ0) is 16.4. The molecule has 2 N–H and O–H groups in total. The molecule has 5 nitrogen and oxygen atoms in total. The summed E-state index contributed by atoms with van der Waals surface area (Å²) in [6.45, 7) is 3.22. The number of likely N-dealkylation sites (tertiary alicyclic amines) is 1. The first-order valence-corrected chi connectivity index (χ1v) is 8.67. The molecular weight excluding hydrogens is 298 g/mol. The summed E-state index contributed by atoms with van der Waals surface area (Å²) in [4.78, 5) is 2.47. The van der Waals surface area contributed by atoms with Crippen LogP contribution in [0.15, 0.2) is 48.7 Å². The molecule has 5 heteroatoms. The lowest BCUT2D eigenvalue weighted by molar-refractivity contribution is 0.215. The lowest BCUT2D eigenvalue weighted by Crippen LogP contribution is -2.40. The third-order valence-electron chi connectivity index (χ3n) is 4.87. The van der Waals surface area contributed by atoms with Gasteiger partial charge in [0.25, 0.3) is 0 Å². The van der Waals surface area contributed by atoms with Gasteiger partial charge in [0.05, 0.1) is 17.6 Å². The van der Waals surface area contributed by atoms with Gasteiger partial charge in [-0.15, -0.1) is 5.10 Å².